The van der Waals surface area contributed by atoms with Gasteiger partial charge in [-0.25, -0.2) is 0 Å². The molecule has 0 aliphatic carbocycles. The van der Waals surface area contributed by atoms with Crippen LogP contribution in [-0.2, 0) is 38.2 Å². The summed E-state index contributed by atoms with van der Waals surface area (Å²) in [7, 11) is 2.12. The molecule has 0 aliphatic heterocycles. The van der Waals surface area contributed by atoms with E-state index in [1.807, 2.05) is 0 Å². The van der Waals surface area contributed by atoms with E-state index < -0.39 is 54.2 Å². The maximum atomic E-state index is 11.7. The Bertz CT molecular complexity index is 474. The number of hydrogen-bond acceptors (Lipinski definition) is 8. The van der Waals surface area contributed by atoms with E-state index in [1.165, 1.54) is 6.92 Å². The summed E-state index contributed by atoms with van der Waals surface area (Å²) >= 11 is 0. The summed E-state index contributed by atoms with van der Waals surface area (Å²) in [5, 5.41) is 2.20. The van der Waals surface area contributed by atoms with Crippen molar-refractivity contribution < 1.29 is 38.2 Å². The molecule has 10 heteroatoms. The van der Waals surface area contributed by atoms with Gasteiger partial charge in [0.1, 0.15) is 6.04 Å². The fourth-order valence-electron chi connectivity index (χ4n) is 1.82. The third-order valence-electron chi connectivity index (χ3n) is 2.99. The highest BCUT2D eigenvalue weighted by Crippen LogP contribution is 2.19. The Labute approximate surface area is 132 Å². The molecule has 3 N–H and O–H groups in total. The average molecular weight is 332 g/mol. The number of esters is 3. The van der Waals surface area contributed by atoms with Gasteiger partial charge in [-0.3, -0.25) is 24.0 Å². The monoisotopic (exact) mass is 332 g/mol. The number of amides is 2. The molecule has 0 bridgehead atoms. The van der Waals surface area contributed by atoms with Crippen LogP contribution >= 0.6 is 0 Å². The fraction of sp³-hybridized carbons (Fsp3) is 0.615. The number of rotatable bonds is 8. The van der Waals surface area contributed by atoms with Crippen LogP contribution in [0, 0.1) is 11.8 Å². The van der Waals surface area contributed by atoms with Gasteiger partial charge in [0.15, 0.2) is 12.5 Å². The number of nitrogens with one attached hydrogen (secondary N) is 1. The van der Waals surface area contributed by atoms with E-state index in [9.17, 15) is 24.0 Å². The molecular formula is C13H20N2O8. The predicted octanol–water partition coefficient (Wildman–Crippen LogP) is -1.88. The molecule has 0 aromatic rings. The van der Waals surface area contributed by atoms with E-state index in [1.54, 1.807) is 0 Å². The second-order valence-corrected chi connectivity index (χ2v) is 4.61. The predicted molar refractivity (Wildman–Crippen MR) is 74.4 cm³/mol. The molecule has 0 aromatic carbocycles. The molecule has 0 unspecified atom stereocenters. The third kappa shape index (κ3) is 6.32. The summed E-state index contributed by atoms with van der Waals surface area (Å²) in [5.74, 6) is -6.87. The maximum absolute atomic E-state index is 11.7. The van der Waals surface area contributed by atoms with Crippen LogP contribution < -0.4 is 11.1 Å². The minimum absolute atomic E-state index is 0.632. The number of primary amides is 1. The zero-order valence-corrected chi connectivity index (χ0v) is 13.3. The Hall–Kier alpha value is -2.65. The lowest BCUT2D eigenvalue weighted by molar-refractivity contribution is -0.162. The topological polar surface area (TPSA) is 151 Å². The molecule has 0 heterocycles. The van der Waals surface area contributed by atoms with Gasteiger partial charge in [0.2, 0.25) is 5.91 Å². The second kappa shape index (κ2) is 9.38. The number of methoxy groups -OCH3 is 2. The Morgan fingerprint density at radius 2 is 1.52 bits per heavy atom. The number of nitrogens with two attached hydrogens (primary N) is 1. The van der Waals surface area contributed by atoms with Crippen LogP contribution in [0.4, 0.5) is 0 Å². The number of carbonyl (C=O) groups is 5. The summed E-state index contributed by atoms with van der Waals surface area (Å²) in [5.41, 5.74) is 5.20. The minimum atomic E-state index is -1.46. The van der Waals surface area contributed by atoms with Crippen LogP contribution in [0.25, 0.3) is 0 Å². The van der Waals surface area contributed by atoms with Crippen LogP contribution in [-0.4, -0.2) is 56.6 Å². The molecule has 0 spiro atoms. The molecule has 2 amide bonds. The van der Waals surface area contributed by atoms with Crippen LogP contribution in [0.5, 0.6) is 0 Å². The van der Waals surface area contributed by atoms with Crippen molar-refractivity contribution in [1.82, 2.24) is 5.32 Å². The number of carbonyl (C=O) groups excluding carboxylic acids is 5. The fourth-order valence-corrected chi connectivity index (χ4v) is 1.82. The number of hydrogen-bond donors (Lipinski definition) is 2. The van der Waals surface area contributed by atoms with Gasteiger partial charge >= 0.3 is 17.9 Å². The van der Waals surface area contributed by atoms with Crippen molar-refractivity contribution in [3.8, 4) is 0 Å². The van der Waals surface area contributed by atoms with Crippen LogP contribution in [0.3, 0.4) is 0 Å². The zero-order valence-electron chi connectivity index (χ0n) is 13.3. The molecule has 10 nitrogen and oxygen atoms in total. The first kappa shape index (κ1) is 20.3. The van der Waals surface area contributed by atoms with Crippen molar-refractivity contribution >= 4 is 29.7 Å². The Morgan fingerprint density at radius 3 is 1.87 bits per heavy atom. The molecule has 0 fully saturated rings. The van der Waals surface area contributed by atoms with Gasteiger partial charge in [0.05, 0.1) is 14.2 Å². The first-order chi connectivity index (χ1) is 10.6. The third-order valence-corrected chi connectivity index (χ3v) is 2.99. The molecule has 0 saturated heterocycles. The quantitative estimate of drug-likeness (QED) is 0.298. The van der Waals surface area contributed by atoms with Crippen molar-refractivity contribution in [3.63, 3.8) is 0 Å². The molecule has 2 atom stereocenters. The van der Waals surface area contributed by atoms with Crippen LogP contribution in [0.2, 0.25) is 0 Å². The normalized spacial score (nSPS) is 12.7. The lowest BCUT2D eigenvalue weighted by atomic mass is 9.87. The van der Waals surface area contributed by atoms with Crippen molar-refractivity contribution in [2.45, 2.75) is 19.9 Å². The van der Waals surface area contributed by atoms with Crippen LogP contribution in [0.1, 0.15) is 13.8 Å². The van der Waals surface area contributed by atoms with E-state index in [0.717, 1.165) is 21.1 Å². The first-order valence-corrected chi connectivity index (χ1v) is 6.53. The largest absolute Gasteiger partial charge is 0.468 e. The van der Waals surface area contributed by atoms with E-state index in [4.69, 9.17) is 5.73 Å². The van der Waals surface area contributed by atoms with Crippen molar-refractivity contribution in [2.24, 2.45) is 17.6 Å². The number of ether oxygens (including phenoxy) is 3. The Balaban J connectivity index is 5.21. The van der Waals surface area contributed by atoms with Crippen molar-refractivity contribution in [1.29, 1.82) is 0 Å². The van der Waals surface area contributed by atoms with Gasteiger partial charge < -0.3 is 25.3 Å². The maximum Gasteiger partial charge on any atom is 0.320 e. The molecule has 0 aromatic heterocycles. The first-order valence-electron chi connectivity index (χ1n) is 6.53. The standard InChI is InChI=1S/C13H20N2O8/c1-6(9(12(19)21-3)13(20)22-4)10(11(14)18)15-8(17)5-23-7(2)16/h6,9-10H,5H2,1-4H3,(H2,14,18)(H,15,17)/t6-,10+/m1/s1. The van der Waals surface area contributed by atoms with Crippen molar-refractivity contribution in [3.05, 3.63) is 0 Å². The molecule has 130 valence electrons. The highest BCUT2D eigenvalue weighted by atomic mass is 16.5. The average Bonchev–Trinajstić information content (AvgIpc) is 2.49. The summed E-state index contributed by atoms with van der Waals surface area (Å²) < 4.78 is 13.5. The minimum Gasteiger partial charge on any atom is -0.468 e. The SMILES string of the molecule is COC(=O)C(C(=O)OC)[C@@H](C)[C@H](NC(=O)COC(C)=O)C(N)=O. The molecule has 0 aliphatic rings. The van der Waals surface area contributed by atoms with Gasteiger partial charge in [0.25, 0.3) is 5.91 Å². The molecule has 0 radical (unpaired) electrons. The Morgan fingerprint density at radius 1 is 1.04 bits per heavy atom. The lowest BCUT2D eigenvalue weighted by Crippen LogP contribution is -2.53. The zero-order chi connectivity index (χ0) is 18.2. The second-order valence-electron chi connectivity index (χ2n) is 4.61. The van der Waals surface area contributed by atoms with Crippen LogP contribution in [0.15, 0.2) is 0 Å². The van der Waals surface area contributed by atoms with E-state index in [-0.39, 0.29) is 0 Å². The van der Waals surface area contributed by atoms with Gasteiger partial charge in [-0.05, 0) is 0 Å². The summed E-state index contributed by atoms with van der Waals surface area (Å²) in [6.45, 7) is 1.82. The summed E-state index contributed by atoms with van der Waals surface area (Å²) in [6.07, 6.45) is 0. The molecule has 0 saturated carbocycles. The van der Waals surface area contributed by atoms with E-state index in [2.05, 4.69) is 19.5 Å². The van der Waals surface area contributed by atoms with Gasteiger partial charge in [-0.2, -0.15) is 0 Å². The molecular weight excluding hydrogens is 312 g/mol. The lowest BCUT2D eigenvalue weighted by Gasteiger charge is -2.26. The van der Waals surface area contributed by atoms with Gasteiger partial charge in [0, 0.05) is 12.8 Å². The van der Waals surface area contributed by atoms with E-state index in [0.29, 0.717) is 0 Å². The summed E-state index contributed by atoms with van der Waals surface area (Å²) in [4.78, 5) is 57.3. The van der Waals surface area contributed by atoms with E-state index >= 15 is 0 Å². The highest BCUT2D eigenvalue weighted by molar-refractivity contribution is 5.97. The Kier molecular flexibility index (Phi) is 8.30. The van der Waals surface area contributed by atoms with Gasteiger partial charge in [-0.1, -0.05) is 6.92 Å². The molecule has 23 heavy (non-hydrogen) atoms. The van der Waals surface area contributed by atoms with Gasteiger partial charge in [-0.15, -0.1) is 0 Å². The van der Waals surface area contributed by atoms with Crippen molar-refractivity contribution in [2.75, 3.05) is 20.8 Å². The summed E-state index contributed by atoms with van der Waals surface area (Å²) in [6, 6.07) is -1.37. The smallest absolute Gasteiger partial charge is 0.320 e. The highest BCUT2D eigenvalue weighted by Gasteiger charge is 2.41. The molecule has 0 rings (SSSR count).